The predicted molar refractivity (Wildman–Crippen MR) is 71.0 cm³/mol. The summed E-state index contributed by atoms with van der Waals surface area (Å²) in [6.45, 7) is 2.34. The lowest BCUT2D eigenvalue weighted by atomic mass is 10.1. The third-order valence-electron chi connectivity index (χ3n) is 2.62. The Morgan fingerprint density at radius 3 is 3.00 bits per heavy atom. The molecule has 1 heterocycles. The number of nitrogens with zero attached hydrogens (tertiary/aromatic N) is 2. The average Bonchev–Trinajstić information content (AvgIpc) is 2.82. The highest BCUT2D eigenvalue weighted by Crippen LogP contribution is 2.27. The van der Waals surface area contributed by atoms with Crippen molar-refractivity contribution in [2.45, 2.75) is 13.0 Å². The van der Waals surface area contributed by atoms with Crippen LogP contribution in [0.5, 0.6) is 0 Å². The Morgan fingerprint density at radius 2 is 2.28 bits per heavy atom. The summed E-state index contributed by atoms with van der Waals surface area (Å²) in [4.78, 5) is 4.30. The first-order valence-corrected chi connectivity index (χ1v) is 6.26. The van der Waals surface area contributed by atoms with Gasteiger partial charge in [-0.1, -0.05) is 27.2 Å². The first kappa shape index (κ1) is 13.2. The first-order valence-electron chi connectivity index (χ1n) is 5.47. The second kappa shape index (κ2) is 5.60. The van der Waals surface area contributed by atoms with Crippen molar-refractivity contribution in [3.63, 3.8) is 0 Å². The molecule has 2 aromatic rings. The van der Waals surface area contributed by atoms with Gasteiger partial charge in [0.05, 0.1) is 12.6 Å². The van der Waals surface area contributed by atoms with Crippen molar-refractivity contribution < 1.29 is 9.26 Å². The molecule has 0 fully saturated rings. The van der Waals surface area contributed by atoms with Gasteiger partial charge in [-0.25, -0.2) is 0 Å². The molecule has 0 saturated carbocycles. The van der Waals surface area contributed by atoms with Crippen LogP contribution in [0.1, 0.15) is 17.4 Å². The van der Waals surface area contributed by atoms with Crippen LogP contribution in [0.4, 0.5) is 0 Å². The molecule has 1 unspecified atom stereocenters. The van der Waals surface area contributed by atoms with Gasteiger partial charge in [-0.2, -0.15) is 4.98 Å². The molecule has 18 heavy (non-hydrogen) atoms. The maximum Gasteiger partial charge on any atom is 0.258 e. The molecule has 2 N–H and O–H groups in total. The van der Waals surface area contributed by atoms with E-state index < -0.39 is 0 Å². The third kappa shape index (κ3) is 2.60. The lowest BCUT2D eigenvalue weighted by molar-refractivity contribution is 0.177. The molecule has 0 aliphatic carbocycles. The van der Waals surface area contributed by atoms with Gasteiger partial charge in [0, 0.05) is 17.1 Å². The fourth-order valence-corrected chi connectivity index (χ4v) is 1.95. The van der Waals surface area contributed by atoms with E-state index in [1.54, 1.807) is 7.11 Å². The maximum atomic E-state index is 5.85. The summed E-state index contributed by atoms with van der Waals surface area (Å²) in [6.07, 6.45) is 0. The summed E-state index contributed by atoms with van der Waals surface area (Å²) in [7, 11) is 1.58. The number of hydrogen-bond donors (Lipinski definition) is 1. The number of nitrogens with two attached hydrogens (primary N) is 1. The second-order valence-electron chi connectivity index (χ2n) is 3.93. The standard InChI is InChI=1S/C12H14BrN3O2/c1-7-8(4-3-5-9(7)13)12-15-11(16-18-12)10(14)6-17-2/h3-5,10H,6,14H2,1-2H3. The van der Waals surface area contributed by atoms with Crippen molar-refractivity contribution in [1.29, 1.82) is 0 Å². The van der Waals surface area contributed by atoms with Gasteiger partial charge in [-0.3, -0.25) is 0 Å². The second-order valence-corrected chi connectivity index (χ2v) is 4.79. The van der Waals surface area contributed by atoms with Crippen molar-refractivity contribution >= 4 is 15.9 Å². The number of aromatic nitrogens is 2. The fourth-order valence-electron chi connectivity index (χ4n) is 1.59. The van der Waals surface area contributed by atoms with Crippen LogP contribution in [0, 0.1) is 6.92 Å². The molecule has 0 aliphatic heterocycles. The molecule has 1 aromatic carbocycles. The number of hydrogen-bond acceptors (Lipinski definition) is 5. The minimum atomic E-state index is -0.375. The average molecular weight is 312 g/mol. The molecule has 0 radical (unpaired) electrons. The van der Waals surface area contributed by atoms with E-state index in [2.05, 4.69) is 26.1 Å². The highest BCUT2D eigenvalue weighted by Gasteiger charge is 2.16. The first-order chi connectivity index (χ1) is 8.63. The van der Waals surface area contributed by atoms with Crippen molar-refractivity contribution in [2.75, 3.05) is 13.7 Å². The summed E-state index contributed by atoms with van der Waals surface area (Å²) in [5, 5.41) is 3.88. The van der Waals surface area contributed by atoms with Crippen LogP contribution in [0.3, 0.4) is 0 Å². The molecule has 0 spiro atoms. The van der Waals surface area contributed by atoms with Gasteiger partial charge in [0.2, 0.25) is 0 Å². The molecule has 0 amide bonds. The summed E-state index contributed by atoms with van der Waals surface area (Å²) in [6, 6.07) is 5.44. The van der Waals surface area contributed by atoms with Crippen LogP contribution >= 0.6 is 15.9 Å². The Balaban J connectivity index is 2.32. The molecular formula is C12H14BrN3O2. The Morgan fingerprint density at radius 1 is 1.50 bits per heavy atom. The topological polar surface area (TPSA) is 74.2 Å². The van der Waals surface area contributed by atoms with Gasteiger partial charge in [-0.05, 0) is 24.6 Å². The smallest absolute Gasteiger partial charge is 0.258 e. The molecule has 1 aromatic heterocycles. The van der Waals surface area contributed by atoms with Gasteiger partial charge >= 0.3 is 0 Å². The number of ether oxygens (including phenoxy) is 1. The Bertz CT molecular complexity index is 542. The van der Waals surface area contributed by atoms with Crippen molar-refractivity contribution in [1.82, 2.24) is 10.1 Å². The van der Waals surface area contributed by atoms with Crippen LogP contribution in [-0.2, 0) is 4.74 Å². The Hall–Kier alpha value is -1.24. The molecule has 0 aliphatic rings. The van der Waals surface area contributed by atoms with Crippen LogP contribution < -0.4 is 5.73 Å². The van der Waals surface area contributed by atoms with E-state index in [0.717, 1.165) is 15.6 Å². The quantitative estimate of drug-likeness (QED) is 0.938. The molecule has 0 bridgehead atoms. The van der Waals surface area contributed by atoms with Crippen LogP contribution in [0.25, 0.3) is 11.5 Å². The zero-order chi connectivity index (χ0) is 13.1. The van der Waals surface area contributed by atoms with Gasteiger partial charge in [0.15, 0.2) is 5.82 Å². The predicted octanol–water partition coefficient (Wildman–Crippen LogP) is 2.45. The Labute approximate surface area is 113 Å². The monoisotopic (exact) mass is 311 g/mol. The van der Waals surface area contributed by atoms with E-state index in [-0.39, 0.29) is 6.04 Å². The fraction of sp³-hybridized carbons (Fsp3) is 0.333. The molecule has 0 saturated heterocycles. The van der Waals surface area contributed by atoms with Gasteiger partial charge in [-0.15, -0.1) is 0 Å². The van der Waals surface area contributed by atoms with Crippen molar-refractivity contribution in [3.05, 3.63) is 34.1 Å². The van der Waals surface area contributed by atoms with Crippen LogP contribution in [0.2, 0.25) is 0 Å². The van der Waals surface area contributed by atoms with Crippen LogP contribution in [-0.4, -0.2) is 23.9 Å². The SMILES string of the molecule is COCC(N)c1noc(-c2cccc(Br)c2C)n1. The van der Waals surface area contributed by atoms with Crippen molar-refractivity contribution in [2.24, 2.45) is 5.73 Å². The number of halogens is 1. The van der Waals surface area contributed by atoms with E-state index in [4.69, 9.17) is 15.0 Å². The zero-order valence-electron chi connectivity index (χ0n) is 10.2. The van der Waals surface area contributed by atoms with Crippen LogP contribution in [0.15, 0.2) is 27.2 Å². The molecular weight excluding hydrogens is 298 g/mol. The van der Waals surface area contributed by atoms with E-state index in [1.165, 1.54) is 0 Å². The molecule has 96 valence electrons. The summed E-state index contributed by atoms with van der Waals surface area (Å²) >= 11 is 3.47. The Kier molecular flexibility index (Phi) is 4.11. The number of methoxy groups -OCH3 is 1. The summed E-state index contributed by atoms with van der Waals surface area (Å²) in [5.41, 5.74) is 7.79. The van der Waals surface area contributed by atoms with Crippen molar-refractivity contribution in [3.8, 4) is 11.5 Å². The lowest BCUT2D eigenvalue weighted by Crippen LogP contribution is -2.17. The summed E-state index contributed by atoms with van der Waals surface area (Å²) < 4.78 is 11.2. The van der Waals surface area contributed by atoms with Gasteiger partial charge in [0.1, 0.15) is 0 Å². The van der Waals surface area contributed by atoms with Gasteiger partial charge < -0.3 is 15.0 Å². The number of rotatable bonds is 4. The maximum absolute atomic E-state index is 5.85. The molecule has 5 nitrogen and oxygen atoms in total. The highest BCUT2D eigenvalue weighted by atomic mass is 79.9. The highest BCUT2D eigenvalue weighted by molar-refractivity contribution is 9.10. The van der Waals surface area contributed by atoms with E-state index in [0.29, 0.717) is 18.3 Å². The number of benzene rings is 1. The minimum Gasteiger partial charge on any atom is -0.383 e. The van der Waals surface area contributed by atoms with E-state index in [1.807, 2.05) is 25.1 Å². The molecule has 1 atom stereocenters. The minimum absolute atomic E-state index is 0.358. The normalized spacial score (nSPS) is 12.7. The molecule has 6 heteroatoms. The summed E-state index contributed by atoms with van der Waals surface area (Å²) in [5.74, 6) is 0.918. The zero-order valence-corrected chi connectivity index (χ0v) is 11.8. The van der Waals surface area contributed by atoms with Gasteiger partial charge in [0.25, 0.3) is 5.89 Å². The lowest BCUT2D eigenvalue weighted by Gasteiger charge is -2.04. The molecule has 2 rings (SSSR count). The third-order valence-corrected chi connectivity index (χ3v) is 3.48. The van der Waals surface area contributed by atoms with E-state index >= 15 is 0 Å². The van der Waals surface area contributed by atoms with E-state index in [9.17, 15) is 0 Å². The largest absolute Gasteiger partial charge is 0.383 e.